The molecule has 146 valence electrons. The monoisotopic (exact) mass is 380 g/mol. The molecule has 0 radical (unpaired) electrons. The van der Waals surface area contributed by atoms with E-state index in [2.05, 4.69) is 0 Å². The summed E-state index contributed by atoms with van der Waals surface area (Å²) in [6.07, 6.45) is 0. The van der Waals surface area contributed by atoms with E-state index in [4.69, 9.17) is 4.74 Å². The zero-order valence-electron chi connectivity index (χ0n) is 16.3. The van der Waals surface area contributed by atoms with Gasteiger partial charge in [-0.2, -0.15) is 0 Å². The van der Waals surface area contributed by atoms with Crippen LogP contribution in [0.1, 0.15) is 36.5 Å². The molecule has 1 N–H and O–H groups in total. The molecule has 6 nitrogen and oxygen atoms in total. The summed E-state index contributed by atoms with van der Waals surface area (Å²) >= 11 is 0. The fourth-order valence-electron chi connectivity index (χ4n) is 3.23. The highest BCUT2D eigenvalue weighted by atomic mass is 16.5. The van der Waals surface area contributed by atoms with Crippen molar-refractivity contribution >= 4 is 0 Å². The Balaban J connectivity index is 2.11. The van der Waals surface area contributed by atoms with Crippen LogP contribution in [0.15, 0.2) is 64.2 Å². The summed E-state index contributed by atoms with van der Waals surface area (Å²) in [4.78, 5) is 25.3. The van der Waals surface area contributed by atoms with Gasteiger partial charge in [0.15, 0.2) is 0 Å². The van der Waals surface area contributed by atoms with E-state index in [1.54, 1.807) is 0 Å². The van der Waals surface area contributed by atoms with Gasteiger partial charge in [0.05, 0.1) is 12.3 Å². The first kappa shape index (κ1) is 19.6. The van der Waals surface area contributed by atoms with Gasteiger partial charge in [-0.25, -0.2) is 4.79 Å². The third kappa shape index (κ3) is 3.92. The molecule has 0 saturated heterocycles. The summed E-state index contributed by atoms with van der Waals surface area (Å²) in [6, 6.07) is 17.2. The Morgan fingerprint density at radius 1 is 1.04 bits per heavy atom. The second kappa shape index (κ2) is 8.27. The highest BCUT2D eigenvalue weighted by Crippen LogP contribution is 2.26. The van der Waals surface area contributed by atoms with Crippen molar-refractivity contribution in [2.45, 2.75) is 40.0 Å². The summed E-state index contributed by atoms with van der Waals surface area (Å²) < 4.78 is 7.23. The van der Waals surface area contributed by atoms with Crippen molar-refractivity contribution in [3.63, 3.8) is 0 Å². The largest absolute Gasteiger partial charge is 0.421 e. The smallest absolute Gasteiger partial charge is 0.366 e. The van der Waals surface area contributed by atoms with Crippen LogP contribution in [0, 0.1) is 6.92 Å². The van der Waals surface area contributed by atoms with Crippen molar-refractivity contribution in [2.75, 3.05) is 0 Å². The van der Waals surface area contributed by atoms with Crippen molar-refractivity contribution in [1.29, 1.82) is 0 Å². The second-order valence-electron chi connectivity index (χ2n) is 7.08. The SMILES string of the molecule is Cc1cccc(-c2c(C(C)C)c(=O)n(O)c(=O)n2COCc2ccccc2)c1. The van der Waals surface area contributed by atoms with E-state index in [0.29, 0.717) is 17.9 Å². The van der Waals surface area contributed by atoms with Crippen molar-refractivity contribution < 1.29 is 9.94 Å². The number of aryl methyl sites for hydroxylation is 1. The zero-order valence-corrected chi connectivity index (χ0v) is 16.3. The predicted molar refractivity (Wildman–Crippen MR) is 108 cm³/mol. The highest BCUT2D eigenvalue weighted by Gasteiger charge is 2.22. The molecule has 0 unspecified atom stereocenters. The van der Waals surface area contributed by atoms with Gasteiger partial charge in [0.2, 0.25) is 0 Å². The Kier molecular flexibility index (Phi) is 5.80. The van der Waals surface area contributed by atoms with Crippen molar-refractivity contribution in [2.24, 2.45) is 0 Å². The normalized spacial score (nSPS) is 11.1. The van der Waals surface area contributed by atoms with Gasteiger partial charge < -0.3 is 9.94 Å². The Labute approximate surface area is 163 Å². The third-order valence-electron chi connectivity index (χ3n) is 4.56. The maximum atomic E-state index is 12.7. The minimum atomic E-state index is -0.820. The first-order valence-electron chi connectivity index (χ1n) is 9.18. The molecule has 0 aliphatic heterocycles. The number of benzene rings is 2. The van der Waals surface area contributed by atoms with Crippen molar-refractivity contribution in [1.82, 2.24) is 9.30 Å². The molecule has 0 saturated carbocycles. The molecular weight excluding hydrogens is 356 g/mol. The number of aromatic nitrogens is 2. The fourth-order valence-corrected chi connectivity index (χ4v) is 3.23. The number of nitrogens with zero attached hydrogens (tertiary/aromatic N) is 2. The Morgan fingerprint density at radius 3 is 2.39 bits per heavy atom. The molecule has 0 fully saturated rings. The van der Waals surface area contributed by atoms with Crippen LogP contribution in [0.4, 0.5) is 0 Å². The summed E-state index contributed by atoms with van der Waals surface area (Å²) in [5, 5.41) is 10.1. The lowest BCUT2D eigenvalue weighted by molar-refractivity contribution is 0.0531. The van der Waals surface area contributed by atoms with Gasteiger partial charge in [0.25, 0.3) is 5.56 Å². The lowest BCUT2D eigenvalue weighted by atomic mass is 9.97. The van der Waals surface area contributed by atoms with E-state index in [1.165, 1.54) is 4.57 Å². The zero-order chi connectivity index (χ0) is 20.3. The fraction of sp³-hybridized carbons (Fsp3) is 0.273. The lowest BCUT2D eigenvalue weighted by Crippen LogP contribution is -2.42. The van der Waals surface area contributed by atoms with Gasteiger partial charge in [-0.1, -0.05) is 72.7 Å². The minimum Gasteiger partial charge on any atom is -0.421 e. The number of hydrogen-bond donors (Lipinski definition) is 1. The van der Waals surface area contributed by atoms with Gasteiger partial charge in [-0.05, 0) is 30.0 Å². The second-order valence-corrected chi connectivity index (χ2v) is 7.08. The highest BCUT2D eigenvalue weighted by molar-refractivity contribution is 5.64. The average Bonchev–Trinajstić information content (AvgIpc) is 2.68. The van der Waals surface area contributed by atoms with Gasteiger partial charge in [0, 0.05) is 5.56 Å². The molecular formula is C22H24N2O4. The van der Waals surface area contributed by atoms with Crippen LogP contribution in [0.2, 0.25) is 0 Å². The van der Waals surface area contributed by atoms with Crippen LogP contribution >= 0.6 is 0 Å². The van der Waals surface area contributed by atoms with Gasteiger partial charge in [-0.3, -0.25) is 9.36 Å². The Bertz CT molecular complexity index is 1080. The Hall–Kier alpha value is -3.12. The van der Waals surface area contributed by atoms with Gasteiger partial charge in [0.1, 0.15) is 6.73 Å². The molecule has 6 heteroatoms. The van der Waals surface area contributed by atoms with Crippen LogP contribution in [-0.2, 0) is 18.1 Å². The maximum absolute atomic E-state index is 12.7. The van der Waals surface area contributed by atoms with E-state index in [1.807, 2.05) is 75.4 Å². The molecule has 0 atom stereocenters. The average molecular weight is 380 g/mol. The van der Waals surface area contributed by atoms with Crippen LogP contribution in [0.25, 0.3) is 11.3 Å². The van der Waals surface area contributed by atoms with Crippen LogP contribution in [-0.4, -0.2) is 14.5 Å². The molecule has 28 heavy (non-hydrogen) atoms. The number of ether oxygens (including phenoxy) is 1. The molecule has 2 aromatic carbocycles. The van der Waals surface area contributed by atoms with Crippen molar-refractivity contribution in [3.05, 3.63) is 92.1 Å². The van der Waals surface area contributed by atoms with Crippen molar-refractivity contribution in [3.8, 4) is 11.3 Å². The first-order chi connectivity index (χ1) is 13.4. The molecule has 3 rings (SSSR count). The molecule has 3 aromatic rings. The van der Waals surface area contributed by atoms with E-state index in [0.717, 1.165) is 16.7 Å². The summed E-state index contributed by atoms with van der Waals surface area (Å²) in [5.41, 5.74) is 2.04. The van der Waals surface area contributed by atoms with E-state index in [-0.39, 0.29) is 17.4 Å². The quantitative estimate of drug-likeness (QED) is 0.664. The van der Waals surface area contributed by atoms with Crippen LogP contribution in [0.3, 0.4) is 0 Å². The maximum Gasteiger partial charge on any atom is 0.366 e. The summed E-state index contributed by atoms with van der Waals surface area (Å²) in [6.45, 7) is 5.88. The number of hydrogen-bond acceptors (Lipinski definition) is 4. The molecule has 0 aliphatic rings. The standard InChI is InChI=1S/C22H24N2O4/c1-15(2)19-20(18-11-7-8-16(3)12-18)23(22(26)24(27)21(19)25)14-28-13-17-9-5-4-6-10-17/h4-12,15,27H,13-14H2,1-3H3. The van der Waals surface area contributed by atoms with Gasteiger partial charge in [-0.15, -0.1) is 0 Å². The van der Waals surface area contributed by atoms with E-state index < -0.39 is 11.2 Å². The number of rotatable bonds is 6. The molecule has 0 amide bonds. The third-order valence-corrected chi connectivity index (χ3v) is 4.56. The summed E-state index contributed by atoms with van der Waals surface area (Å²) in [5.74, 6) is -0.192. The molecule has 0 bridgehead atoms. The van der Waals surface area contributed by atoms with Crippen LogP contribution in [0.5, 0.6) is 0 Å². The van der Waals surface area contributed by atoms with Gasteiger partial charge >= 0.3 is 5.69 Å². The molecule has 1 aromatic heterocycles. The van der Waals surface area contributed by atoms with E-state index in [9.17, 15) is 14.8 Å². The molecule has 0 aliphatic carbocycles. The topological polar surface area (TPSA) is 73.5 Å². The molecule has 1 heterocycles. The predicted octanol–water partition coefficient (Wildman–Crippen LogP) is 3.52. The van der Waals surface area contributed by atoms with Crippen LogP contribution < -0.4 is 11.2 Å². The molecule has 0 spiro atoms. The van der Waals surface area contributed by atoms with E-state index >= 15 is 0 Å². The Morgan fingerprint density at radius 2 is 1.75 bits per heavy atom. The summed E-state index contributed by atoms with van der Waals surface area (Å²) in [7, 11) is 0. The lowest BCUT2D eigenvalue weighted by Gasteiger charge is -2.20. The minimum absolute atomic E-state index is 0.0858. The first-order valence-corrected chi connectivity index (χ1v) is 9.18.